The first-order chi connectivity index (χ1) is 16.6. The van der Waals surface area contributed by atoms with Gasteiger partial charge in [-0.2, -0.15) is 5.10 Å². The van der Waals surface area contributed by atoms with Crippen molar-refractivity contribution >= 4 is 34.0 Å². The van der Waals surface area contributed by atoms with Gasteiger partial charge in [0.05, 0.1) is 23.6 Å². The van der Waals surface area contributed by atoms with Crippen LogP contribution in [0.25, 0.3) is 16.9 Å². The van der Waals surface area contributed by atoms with E-state index in [1.54, 1.807) is 16.5 Å². The van der Waals surface area contributed by atoms with E-state index in [-0.39, 0.29) is 11.1 Å². The second kappa shape index (κ2) is 9.63. The molecule has 7 heteroatoms. The molecule has 0 saturated carbocycles. The number of aromatic nitrogens is 3. The highest BCUT2D eigenvalue weighted by atomic mass is 35.5. The van der Waals surface area contributed by atoms with E-state index in [1.807, 2.05) is 96.4 Å². The maximum Gasteiger partial charge on any atom is 0.265 e. The Hall–Kier alpha value is -3.74. The predicted octanol–water partition coefficient (Wildman–Crippen LogP) is 6.80. The SMILES string of the molecule is Cc1nn(-c2ccccc2)c(Cl)c1C(=O)N(Cc1ccccc1)c1nc(-c2ccccc2)cs1. The molecule has 2 aromatic heterocycles. The highest BCUT2D eigenvalue weighted by Gasteiger charge is 2.28. The average Bonchev–Trinajstić information content (AvgIpc) is 3.48. The monoisotopic (exact) mass is 484 g/mol. The summed E-state index contributed by atoms with van der Waals surface area (Å²) >= 11 is 8.16. The number of anilines is 1. The number of hydrogen-bond donors (Lipinski definition) is 0. The standard InChI is InChI=1S/C27H21ClN4OS/c1-19-24(25(28)32(30-19)22-15-9-4-10-16-22)26(33)31(17-20-11-5-2-6-12-20)27-29-23(18-34-27)21-13-7-3-8-14-21/h2-16,18H,17H2,1H3. The van der Waals surface area contributed by atoms with E-state index in [0.717, 1.165) is 22.5 Å². The lowest BCUT2D eigenvalue weighted by molar-refractivity contribution is 0.0984. The van der Waals surface area contributed by atoms with Crippen LogP contribution in [0.1, 0.15) is 21.6 Å². The van der Waals surface area contributed by atoms with Crippen LogP contribution in [0.4, 0.5) is 5.13 Å². The molecule has 0 fully saturated rings. The van der Waals surface area contributed by atoms with Gasteiger partial charge in [0.2, 0.25) is 0 Å². The van der Waals surface area contributed by atoms with Crippen LogP contribution in [-0.4, -0.2) is 20.7 Å². The van der Waals surface area contributed by atoms with Crippen molar-refractivity contribution in [2.75, 3.05) is 4.90 Å². The minimum Gasteiger partial charge on any atom is -0.279 e. The average molecular weight is 485 g/mol. The van der Waals surface area contributed by atoms with E-state index in [1.165, 1.54) is 11.3 Å². The highest BCUT2D eigenvalue weighted by Crippen LogP contribution is 2.32. The summed E-state index contributed by atoms with van der Waals surface area (Å²) in [6.45, 7) is 2.17. The first-order valence-electron chi connectivity index (χ1n) is 10.8. The molecule has 0 saturated heterocycles. The summed E-state index contributed by atoms with van der Waals surface area (Å²) in [4.78, 5) is 20.4. The number of benzene rings is 3. The Labute approximate surface area is 206 Å². The molecule has 168 valence electrons. The van der Waals surface area contributed by atoms with Crippen LogP contribution >= 0.6 is 22.9 Å². The Kier molecular flexibility index (Phi) is 6.25. The van der Waals surface area contributed by atoms with E-state index >= 15 is 0 Å². The maximum absolute atomic E-state index is 13.9. The van der Waals surface area contributed by atoms with E-state index in [4.69, 9.17) is 16.6 Å². The van der Waals surface area contributed by atoms with Crippen molar-refractivity contribution in [1.29, 1.82) is 0 Å². The Morgan fingerprint density at radius 1 is 0.941 bits per heavy atom. The molecule has 5 aromatic rings. The molecule has 5 nitrogen and oxygen atoms in total. The number of rotatable bonds is 6. The van der Waals surface area contributed by atoms with E-state index in [2.05, 4.69) is 5.10 Å². The van der Waals surface area contributed by atoms with Gasteiger partial charge in [0.15, 0.2) is 5.13 Å². The number of amides is 1. The Morgan fingerprint density at radius 2 is 1.56 bits per heavy atom. The van der Waals surface area contributed by atoms with Crippen LogP contribution in [0.5, 0.6) is 0 Å². The molecule has 5 rings (SSSR count). The van der Waals surface area contributed by atoms with Gasteiger partial charge in [-0.3, -0.25) is 9.69 Å². The van der Waals surface area contributed by atoms with Gasteiger partial charge in [0.25, 0.3) is 5.91 Å². The fourth-order valence-corrected chi connectivity index (χ4v) is 4.92. The normalized spacial score (nSPS) is 10.9. The summed E-state index contributed by atoms with van der Waals surface area (Å²) < 4.78 is 1.60. The van der Waals surface area contributed by atoms with Crippen molar-refractivity contribution in [2.45, 2.75) is 13.5 Å². The van der Waals surface area contributed by atoms with E-state index < -0.39 is 0 Å². The van der Waals surface area contributed by atoms with Gasteiger partial charge < -0.3 is 0 Å². The van der Waals surface area contributed by atoms with Crippen LogP contribution in [0.2, 0.25) is 5.15 Å². The van der Waals surface area contributed by atoms with Gasteiger partial charge in [-0.25, -0.2) is 9.67 Å². The zero-order valence-corrected chi connectivity index (χ0v) is 20.0. The van der Waals surface area contributed by atoms with Gasteiger partial charge in [0.1, 0.15) is 10.7 Å². The largest absolute Gasteiger partial charge is 0.279 e. The van der Waals surface area contributed by atoms with Crippen LogP contribution in [0, 0.1) is 6.92 Å². The Bertz CT molecular complexity index is 1420. The number of thiazole rings is 1. The molecular weight excluding hydrogens is 464 g/mol. The third-order valence-electron chi connectivity index (χ3n) is 5.44. The number of carbonyl (C=O) groups excluding carboxylic acids is 1. The fourth-order valence-electron chi connectivity index (χ4n) is 3.74. The molecule has 0 aliphatic heterocycles. The third-order valence-corrected chi connectivity index (χ3v) is 6.65. The fraction of sp³-hybridized carbons (Fsp3) is 0.0741. The second-order valence-electron chi connectivity index (χ2n) is 7.76. The molecule has 0 aliphatic carbocycles. The topological polar surface area (TPSA) is 51.0 Å². The number of para-hydroxylation sites is 1. The minimum absolute atomic E-state index is 0.234. The summed E-state index contributed by atoms with van der Waals surface area (Å²) in [6.07, 6.45) is 0. The lowest BCUT2D eigenvalue weighted by Crippen LogP contribution is -2.31. The van der Waals surface area contributed by atoms with Gasteiger partial charge in [0, 0.05) is 10.9 Å². The quantitative estimate of drug-likeness (QED) is 0.266. The summed E-state index contributed by atoms with van der Waals surface area (Å²) in [5, 5.41) is 7.42. The lowest BCUT2D eigenvalue weighted by atomic mass is 10.2. The summed E-state index contributed by atoms with van der Waals surface area (Å²) in [7, 11) is 0. The molecule has 0 N–H and O–H groups in total. The summed E-state index contributed by atoms with van der Waals surface area (Å²) in [5.74, 6) is -0.234. The number of halogens is 1. The van der Waals surface area contributed by atoms with Crippen molar-refractivity contribution in [2.24, 2.45) is 0 Å². The Morgan fingerprint density at radius 3 is 2.24 bits per heavy atom. The molecule has 0 spiro atoms. The lowest BCUT2D eigenvalue weighted by Gasteiger charge is -2.20. The predicted molar refractivity (Wildman–Crippen MR) is 138 cm³/mol. The number of aryl methyl sites for hydroxylation is 1. The van der Waals surface area contributed by atoms with Crippen LogP contribution in [0.15, 0.2) is 96.4 Å². The first kappa shape index (κ1) is 22.1. The van der Waals surface area contributed by atoms with E-state index in [0.29, 0.717) is 22.9 Å². The zero-order valence-electron chi connectivity index (χ0n) is 18.4. The summed E-state index contributed by atoms with van der Waals surface area (Å²) in [6, 6.07) is 29.3. The molecule has 0 radical (unpaired) electrons. The molecule has 2 heterocycles. The van der Waals surface area contributed by atoms with Gasteiger partial charge in [-0.15, -0.1) is 11.3 Å². The Balaban J connectivity index is 1.56. The van der Waals surface area contributed by atoms with Crippen molar-refractivity contribution in [3.63, 3.8) is 0 Å². The second-order valence-corrected chi connectivity index (χ2v) is 8.95. The third kappa shape index (κ3) is 4.38. The zero-order chi connectivity index (χ0) is 23.5. The van der Waals surface area contributed by atoms with Crippen molar-refractivity contribution in [3.8, 4) is 16.9 Å². The molecule has 34 heavy (non-hydrogen) atoms. The van der Waals surface area contributed by atoms with Crippen LogP contribution in [-0.2, 0) is 6.54 Å². The van der Waals surface area contributed by atoms with Gasteiger partial charge in [-0.1, -0.05) is 90.5 Å². The minimum atomic E-state index is -0.234. The van der Waals surface area contributed by atoms with Gasteiger partial charge >= 0.3 is 0 Å². The molecule has 0 aliphatic rings. The summed E-state index contributed by atoms with van der Waals surface area (Å²) in [5.41, 5.74) is 4.56. The number of carbonyl (C=O) groups is 1. The van der Waals surface area contributed by atoms with Gasteiger partial charge in [-0.05, 0) is 24.6 Å². The molecule has 0 unspecified atom stereocenters. The van der Waals surface area contributed by atoms with Crippen LogP contribution < -0.4 is 4.90 Å². The molecule has 0 atom stereocenters. The number of nitrogens with zero attached hydrogens (tertiary/aromatic N) is 4. The molecule has 0 bridgehead atoms. The number of hydrogen-bond acceptors (Lipinski definition) is 4. The van der Waals surface area contributed by atoms with E-state index in [9.17, 15) is 4.79 Å². The van der Waals surface area contributed by atoms with Crippen molar-refractivity contribution in [1.82, 2.24) is 14.8 Å². The molecular formula is C27H21ClN4OS. The van der Waals surface area contributed by atoms with Crippen molar-refractivity contribution < 1.29 is 4.79 Å². The first-order valence-corrected chi connectivity index (χ1v) is 12.0. The maximum atomic E-state index is 13.9. The smallest absolute Gasteiger partial charge is 0.265 e. The van der Waals surface area contributed by atoms with Crippen molar-refractivity contribution in [3.05, 3.63) is 118 Å². The molecule has 3 aromatic carbocycles. The highest BCUT2D eigenvalue weighted by molar-refractivity contribution is 7.14. The molecule has 1 amide bonds. The van der Waals surface area contributed by atoms with Crippen LogP contribution in [0.3, 0.4) is 0 Å².